The summed E-state index contributed by atoms with van der Waals surface area (Å²) < 4.78 is 0. The van der Waals surface area contributed by atoms with Crippen LogP contribution in [0.3, 0.4) is 0 Å². The number of carbonyl (C=O) groups excluding carboxylic acids is 1. The largest absolute Gasteiger partial charge is 0.481 e. The van der Waals surface area contributed by atoms with Gasteiger partial charge >= 0.3 is 5.97 Å². The summed E-state index contributed by atoms with van der Waals surface area (Å²) in [7, 11) is 0. The average Bonchev–Trinajstić information content (AvgIpc) is 3.01. The fourth-order valence-electron chi connectivity index (χ4n) is 3.23. The Bertz CT molecular complexity index is 533. The minimum absolute atomic E-state index is 0.0115. The normalized spacial score (nSPS) is 28.1. The molecule has 2 N–H and O–H groups in total. The average molecular weight is 274 g/mol. The monoisotopic (exact) mass is 274 g/mol. The van der Waals surface area contributed by atoms with Crippen LogP contribution >= 0.6 is 0 Å². The molecule has 1 amide bonds. The SMILES string of the molecule is CC1C(C(=O)O)CCN1C(=O)C1Cc2ccccc2N1. The predicted molar refractivity (Wildman–Crippen MR) is 74.5 cm³/mol. The number of anilines is 1. The van der Waals surface area contributed by atoms with Crippen molar-refractivity contribution < 1.29 is 14.7 Å². The van der Waals surface area contributed by atoms with Gasteiger partial charge in [-0.2, -0.15) is 0 Å². The Hall–Kier alpha value is -2.04. The molecule has 5 nitrogen and oxygen atoms in total. The van der Waals surface area contributed by atoms with Crippen LogP contribution in [0.2, 0.25) is 0 Å². The van der Waals surface area contributed by atoms with Crippen molar-refractivity contribution in [3.8, 4) is 0 Å². The van der Waals surface area contributed by atoms with E-state index in [2.05, 4.69) is 5.32 Å². The van der Waals surface area contributed by atoms with E-state index in [4.69, 9.17) is 5.11 Å². The van der Waals surface area contributed by atoms with Gasteiger partial charge in [0.05, 0.1) is 5.92 Å². The zero-order valence-corrected chi connectivity index (χ0v) is 11.4. The van der Waals surface area contributed by atoms with Crippen LogP contribution in [0.25, 0.3) is 0 Å². The van der Waals surface area contributed by atoms with E-state index in [9.17, 15) is 9.59 Å². The van der Waals surface area contributed by atoms with Gasteiger partial charge < -0.3 is 15.3 Å². The van der Waals surface area contributed by atoms with E-state index < -0.39 is 11.9 Å². The Morgan fingerprint density at radius 1 is 1.35 bits per heavy atom. The Kier molecular flexibility index (Phi) is 3.12. The van der Waals surface area contributed by atoms with Crippen LogP contribution in [-0.4, -0.2) is 40.5 Å². The van der Waals surface area contributed by atoms with E-state index in [-0.39, 0.29) is 18.0 Å². The van der Waals surface area contributed by atoms with Crippen LogP contribution in [0.15, 0.2) is 24.3 Å². The molecular formula is C15H18N2O3. The first-order chi connectivity index (χ1) is 9.58. The molecule has 0 aliphatic carbocycles. The minimum Gasteiger partial charge on any atom is -0.481 e. The lowest BCUT2D eigenvalue weighted by Gasteiger charge is -2.26. The Morgan fingerprint density at radius 3 is 2.75 bits per heavy atom. The number of fused-ring (bicyclic) bond motifs is 1. The second-order valence-electron chi connectivity index (χ2n) is 5.56. The van der Waals surface area contributed by atoms with Crippen molar-refractivity contribution >= 4 is 17.6 Å². The summed E-state index contributed by atoms with van der Waals surface area (Å²) in [6, 6.07) is 7.40. The lowest BCUT2D eigenvalue weighted by Crippen LogP contribution is -2.45. The number of nitrogens with zero attached hydrogens (tertiary/aromatic N) is 1. The Morgan fingerprint density at radius 2 is 2.10 bits per heavy atom. The fraction of sp³-hybridized carbons (Fsp3) is 0.467. The number of rotatable bonds is 2. The third-order valence-corrected chi connectivity index (χ3v) is 4.42. The summed E-state index contributed by atoms with van der Waals surface area (Å²) in [6.07, 6.45) is 1.22. The summed E-state index contributed by atoms with van der Waals surface area (Å²) in [5, 5.41) is 12.4. The van der Waals surface area contributed by atoms with Gasteiger partial charge in [0.2, 0.25) is 5.91 Å². The van der Waals surface area contributed by atoms with Gasteiger partial charge in [-0.3, -0.25) is 9.59 Å². The number of aliphatic carboxylic acids is 1. The maximum Gasteiger partial charge on any atom is 0.308 e. The standard InChI is InChI=1S/C15H18N2O3/c1-9-11(15(19)20)6-7-17(9)14(18)13-8-10-4-2-3-5-12(10)16-13/h2-5,9,11,13,16H,6-8H2,1H3,(H,19,20). The Balaban J connectivity index is 1.71. The number of benzene rings is 1. The number of carboxylic acids is 1. The number of amides is 1. The molecule has 1 fully saturated rings. The van der Waals surface area contributed by atoms with Crippen molar-refractivity contribution in [3.63, 3.8) is 0 Å². The highest BCUT2D eigenvalue weighted by atomic mass is 16.4. The number of para-hydroxylation sites is 1. The van der Waals surface area contributed by atoms with Gasteiger partial charge in [0.25, 0.3) is 0 Å². The smallest absolute Gasteiger partial charge is 0.308 e. The summed E-state index contributed by atoms with van der Waals surface area (Å²) in [4.78, 5) is 25.4. The van der Waals surface area contributed by atoms with Crippen molar-refractivity contribution in [1.29, 1.82) is 0 Å². The number of nitrogens with one attached hydrogen (secondary N) is 1. The van der Waals surface area contributed by atoms with Crippen LogP contribution in [0.1, 0.15) is 18.9 Å². The molecule has 20 heavy (non-hydrogen) atoms. The molecule has 0 spiro atoms. The van der Waals surface area contributed by atoms with Gasteiger partial charge in [0.15, 0.2) is 0 Å². The molecule has 3 atom stereocenters. The summed E-state index contributed by atoms with van der Waals surface area (Å²) in [5.41, 5.74) is 2.15. The molecule has 2 aliphatic rings. The predicted octanol–water partition coefficient (Wildman–Crippen LogP) is 1.34. The topological polar surface area (TPSA) is 69.6 Å². The van der Waals surface area contributed by atoms with Crippen LogP contribution < -0.4 is 5.32 Å². The van der Waals surface area contributed by atoms with Crippen LogP contribution in [-0.2, 0) is 16.0 Å². The lowest BCUT2D eigenvalue weighted by molar-refractivity contribution is -0.143. The van der Waals surface area contributed by atoms with Gasteiger partial charge in [-0.25, -0.2) is 0 Å². The van der Waals surface area contributed by atoms with Gasteiger partial charge in [0, 0.05) is 24.7 Å². The number of carbonyl (C=O) groups is 2. The molecule has 3 rings (SSSR count). The summed E-state index contributed by atoms with van der Waals surface area (Å²) >= 11 is 0. The molecule has 0 aromatic heterocycles. The molecule has 2 heterocycles. The number of hydrogen-bond acceptors (Lipinski definition) is 3. The van der Waals surface area contributed by atoms with E-state index in [0.717, 1.165) is 11.3 Å². The van der Waals surface area contributed by atoms with Crippen LogP contribution in [0.5, 0.6) is 0 Å². The van der Waals surface area contributed by atoms with E-state index in [0.29, 0.717) is 19.4 Å². The molecular weight excluding hydrogens is 256 g/mol. The first-order valence-corrected chi connectivity index (χ1v) is 6.95. The maximum absolute atomic E-state index is 12.6. The first kappa shape index (κ1) is 13.0. The van der Waals surface area contributed by atoms with Gasteiger partial charge in [-0.15, -0.1) is 0 Å². The number of carboxylic acid groups (broad SMARTS) is 1. The highest BCUT2D eigenvalue weighted by Crippen LogP contribution is 2.30. The minimum atomic E-state index is -0.810. The number of likely N-dealkylation sites (tertiary alicyclic amines) is 1. The van der Waals surface area contributed by atoms with Crippen molar-refractivity contribution in [2.24, 2.45) is 5.92 Å². The van der Waals surface area contributed by atoms with E-state index >= 15 is 0 Å². The maximum atomic E-state index is 12.6. The van der Waals surface area contributed by atoms with E-state index in [1.807, 2.05) is 31.2 Å². The molecule has 1 saturated heterocycles. The molecule has 1 aromatic rings. The highest BCUT2D eigenvalue weighted by molar-refractivity contribution is 5.88. The molecule has 1 aromatic carbocycles. The van der Waals surface area contributed by atoms with Crippen molar-refractivity contribution in [2.45, 2.75) is 31.8 Å². The third kappa shape index (κ3) is 2.03. The van der Waals surface area contributed by atoms with Gasteiger partial charge in [-0.05, 0) is 25.0 Å². The summed E-state index contributed by atoms with van der Waals surface area (Å²) in [6.45, 7) is 2.36. The molecule has 106 valence electrons. The lowest BCUT2D eigenvalue weighted by atomic mass is 10.0. The fourth-order valence-corrected chi connectivity index (χ4v) is 3.23. The van der Waals surface area contributed by atoms with Crippen LogP contribution in [0.4, 0.5) is 5.69 Å². The molecule has 2 aliphatic heterocycles. The zero-order valence-electron chi connectivity index (χ0n) is 11.4. The van der Waals surface area contributed by atoms with E-state index in [1.165, 1.54) is 0 Å². The second-order valence-corrected chi connectivity index (χ2v) is 5.56. The van der Waals surface area contributed by atoms with Gasteiger partial charge in [0.1, 0.15) is 6.04 Å². The molecule has 5 heteroatoms. The Labute approximate surface area is 117 Å². The second kappa shape index (κ2) is 4.81. The van der Waals surface area contributed by atoms with Crippen molar-refractivity contribution in [3.05, 3.63) is 29.8 Å². The molecule has 0 radical (unpaired) electrons. The molecule has 0 bridgehead atoms. The quantitative estimate of drug-likeness (QED) is 0.854. The van der Waals surface area contributed by atoms with Crippen LogP contribution in [0, 0.1) is 5.92 Å². The first-order valence-electron chi connectivity index (χ1n) is 6.95. The zero-order chi connectivity index (χ0) is 14.3. The highest BCUT2D eigenvalue weighted by Gasteiger charge is 2.41. The third-order valence-electron chi connectivity index (χ3n) is 4.42. The number of hydrogen-bond donors (Lipinski definition) is 2. The summed E-state index contributed by atoms with van der Waals surface area (Å²) in [5.74, 6) is -1.24. The molecule has 3 unspecified atom stereocenters. The van der Waals surface area contributed by atoms with Crippen molar-refractivity contribution in [2.75, 3.05) is 11.9 Å². The van der Waals surface area contributed by atoms with Gasteiger partial charge in [-0.1, -0.05) is 18.2 Å². The van der Waals surface area contributed by atoms with Crippen molar-refractivity contribution in [1.82, 2.24) is 4.90 Å². The van der Waals surface area contributed by atoms with E-state index in [1.54, 1.807) is 4.90 Å². The molecule has 0 saturated carbocycles.